The quantitative estimate of drug-likeness (QED) is 0.850. The largest absolute Gasteiger partial charge is 0.385 e. The Kier molecular flexibility index (Phi) is 3.53. The first-order valence-electron chi connectivity index (χ1n) is 5.77. The summed E-state index contributed by atoms with van der Waals surface area (Å²) in [5.74, 6) is 0.575. The van der Waals surface area contributed by atoms with Crippen LogP contribution in [0.3, 0.4) is 0 Å². The van der Waals surface area contributed by atoms with Crippen molar-refractivity contribution in [3.05, 3.63) is 34.9 Å². The third kappa shape index (κ3) is 2.76. The number of nitrogens with one attached hydrogen (secondary N) is 1. The van der Waals surface area contributed by atoms with Gasteiger partial charge in [0.25, 0.3) is 0 Å². The summed E-state index contributed by atoms with van der Waals surface area (Å²) < 4.78 is 0. The molecule has 2 rings (SSSR count). The zero-order valence-electron chi connectivity index (χ0n) is 9.54. The van der Waals surface area contributed by atoms with Gasteiger partial charge in [0.1, 0.15) is 0 Å². The molecule has 1 aliphatic heterocycles. The number of benzene rings is 1. The van der Waals surface area contributed by atoms with E-state index < -0.39 is 5.60 Å². The summed E-state index contributed by atoms with van der Waals surface area (Å²) in [4.78, 5) is 0. The minimum atomic E-state index is -0.749. The zero-order chi connectivity index (χ0) is 11.6. The molecule has 2 N–H and O–H groups in total. The Morgan fingerprint density at radius 1 is 1.44 bits per heavy atom. The molecule has 1 heterocycles. The SMILES string of the molecule is CC(O)(CC1CCNC1)c1ccc(Cl)cc1. The first kappa shape index (κ1) is 11.9. The van der Waals surface area contributed by atoms with Crippen molar-refractivity contribution in [1.82, 2.24) is 5.32 Å². The Balaban J connectivity index is 2.07. The van der Waals surface area contributed by atoms with Crippen LogP contribution in [-0.2, 0) is 5.60 Å². The van der Waals surface area contributed by atoms with Crippen molar-refractivity contribution in [2.75, 3.05) is 13.1 Å². The van der Waals surface area contributed by atoms with E-state index in [-0.39, 0.29) is 0 Å². The second-order valence-electron chi connectivity index (χ2n) is 4.84. The number of rotatable bonds is 3. The van der Waals surface area contributed by atoms with E-state index in [0.29, 0.717) is 10.9 Å². The molecular weight excluding hydrogens is 222 g/mol. The molecular formula is C13H18ClNO. The first-order chi connectivity index (χ1) is 7.58. The fourth-order valence-corrected chi connectivity index (χ4v) is 2.50. The fraction of sp³-hybridized carbons (Fsp3) is 0.538. The van der Waals surface area contributed by atoms with Gasteiger partial charge < -0.3 is 10.4 Å². The Hall–Kier alpha value is -0.570. The van der Waals surface area contributed by atoms with Gasteiger partial charge >= 0.3 is 0 Å². The summed E-state index contributed by atoms with van der Waals surface area (Å²) in [6.07, 6.45) is 1.96. The van der Waals surface area contributed by atoms with Crippen molar-refractivity contribution in [2.24, 2.45) is 5.92 Å². The molecule has 1 aromatic rings. The highest BCUT2D eigenvalue weighted by molar-refractivity contribution is 6.30. The maximum absolute atomic E-state index is 10.5. The van der Waals surface area contributed by atoms with E-state index in [1.807, 2.05) is 31.2 Å². The molecule has 2 atom stereocenters. The van der Waals surface area contributed by atoms with Gasteiger partial charge in [-0.25, -0.2) is 0 Å². The third-order valence-electron chi connectivity index (χ3n) is 3.31. The normalized spacial score (nSPS) is 24.3. The van der Waals surface area contributed by atoms with Crippen LogP contribution in [0.2, 0.25) is 5.02 Å². The molecule has 0 spiro atoms. The van der Waals surface area contributed by atoms with Crippen LogP contribution in [-0.4, -0.2) is 18.2 Å². The number of aliphatic hydroxyl groups is 1. The highest BCUT2D eigenvalue weighted by Gasteiger charge is 2.28. The van der Waals surface area contributed by atoms with Crippen LogP contribution in [0.15, 0.2) is 24.3 Å². The maximum atomic E-state index is 10.5. The molecule has 2 unspecified atom stereocenters. The van der Waals surface area contributed by atoms with E-state index >= 15 is 0 Å². The van der Waals surface area contributed by atoms with Gasteiger partial charge in [-0.2, -0.15) is 0 Å². The van der Waals surface area contributed by atoms with Crippen LogP contribution in [0.25, 0.3) is 0 Å². The van der Waals surface area contributed by atoms with E-state index in [2.05, 4.69) is 5.32 Å². The summed E-state index contributed by atoms with van der Waals surface area (Å²) in [5, 5.41) is 14.5. The van der Waals surface area contributed by atoms with E-state index in [9.17, 15) is 5.11 Å². The average molecular weight is 240 g/mol. The minimum Gasteiger partial charge on any atom is -0.385 e. The Bertz CT molecular complexity index is 341. The number of hydrogen-bond donors (Lipinski definition) is 2. The zero-order valence-corrected chi connectivity index (χ0v) is 10.3. The lowest BCUT2D eigenvalue weighted by Gasteiger charge is -2.26. The maximum Gasteiger partial charge on any atom is 0.0871 e. The lowest BCUT2D eigenvalue weighted by atomic mass is 9.86. The summed E-state index contributed by atoms with van der Waals surface area (Å²) in [5.41, 5.74) is 0.199. The van der Waals surface area contributed by atoms with Crippen LogP contribution in [0.5, 0.6) is 0 Å². The molecule has 16 heavy (non-hydrogen) atoms. The molecule has 0 radical (unpaired) electrons. The van der Waals surface area contributed by atoms with Crippen molar-refractivity contribution in [3.8, 4) is 0 Å². The van der Waals surface area contributed by atoms with Gasteiger partial charge in [-0.1, -0.05) is 23.7 Å². The predicted octanol–water partition coefficient (Wildman–Crippen LogP) is 2.55. The summed E-state index contributed by atoms with van der Waals surface area (Å²) in [6, 6.07) is 7.48. The van der Waals surface area contributed by atoms with Gasteiger partial charge in [0.2, 0.25) is 0 Å². The highest BCUT2D eigenvalue weighted by atomic mass is 35.5. The molecule has 1 aliphatic rings. The van der Waals surface area contributed by atoms with Gasteiger partial charge in [-0.3, -0.25) is 0 Å². The lowest BCUT2D eigenvalue weighted by molar-refractivity contribution is 0.0326. The fourth-order valence-electron chi connectivity index (χ4n) is 2.38. The molecule has 0 amide bonds. The molecule has 1 saturated heterocycles. The summed E-state index contributed by atoms with van der Waals surface area (Å²) >= 11 is 5.84. The molecule has 3 heteroatoms. The van der Waals surface area contributed by atoms with E-state index in [1.54, 1.807) is 0 Å². The second-order valence-corrected chi connectivity index (χ2v) is 5.28. The third-order valence-corrected chi connectivity index (χ3v) is 3.57. The summed E-state index contributed by atoms with van der Waals surface area (Å²) in [7, 11) is 0. The van der Waals surface area contributed by atoms with Gasteiger partial charge in [-0.05, 0) is 56.5 Å². The number of halogens is 1. The monoisotopic (exact) mass is 239 g/mol. The second kappa shape index (κ2) is 4.74. The van der Waals surface area contributed by atoms with Gasteiger partial charge in [0.15, 0.2) is 0 Å². The van der Waals surface area contributed by atoms with Crippen molar-refractivity contribution in [1.29, 1.82) is 0 Å². The molecule has 0 bridgehead atoms. The molecule has 0 aromatic heterocycles. The standard InChI is InChI=1S/C13H18ClNO/c1-13(16,8-10-6-7-15-9-10)11-2-4-12(14)5-3-11/h2-5,10,15-16H,6-9H2,1H3. The molecule has 0 aliphatic carbocycles. The molecule has 88 valence electrons. The van der Waals surface area contributed by atoms with Gasteiger partial charge in [0.05, 0.1) is 5.60 Å². The van der Waals surface area contributed by atoms with Crippen LogP contribution in [0.1, 0.15) is 25.3 Å². The number of hydrogen-bond acceptors (Lipinski definition) is 2. The lowest BCUT2D eigenvalue weighted by Crippen LogP contribution is -2.26. The van der Waals surface area contributed by atoms with Gasteiger partial charge in [0, 0.05) is 5.02 Å². The van der Waals surface area contributed by atoms with E-state index in [4.69, 9.17) is 11.6 Å². The molecule has 0 saturated carbocycles. The molecule has 1 aromatic carbocycles. The van der Waals surface area contributed by atoms with Crippen molar-refractivity contribution < 1.29 is 5.11 Å². The molecule has 1 fully saturated rings. The van der Waals surface area contributed by atoms with Crippen LogP contribution >= 0.6 is 11.6 Å². The van der Waals surface area contributed by atoms with Crippen LogP contribution < -0.4 is 5.32 Å². The predicted molar refractivity (Wildman–Crippen MR) is 66.6 cm³/mol. The first-order valence-corrected chi connectivity index (χ1v) is 6.15. The smallest absolute Gasteiger partial charge is 0.0871 e. The van der Waals surface area contributed by atoms with Crippen LogP contribution in [0.4, 0.5) is 0 Å². The average Bonchev–Trinajstić information content (AvgIpc) is 2.70. The van der Waals surface area contributed by atoms with E-state index in [0.717, 1.165) is 31.5 Å². The highest BCUT2D eigenvalue weighted by Crippen LogP contribution is 2.31. The van der Waals surface area contributed by atoms with Crippen LogP contribution in [0, 0.1) is 5.92 Å². The van der Waals surface area contributed by atoms with E-state index in [1.165, 1.54) is 0 Å². The Morgan fingerprint density at radius 3 is 2.69 bits per heavy atom. The minimum absolute atomic E-state index is 0.575. The Morgan fingerprint density at radius 2 is 2.12 bits per heavy atom. The van der Waals surface area contributed by atoms with Crippen molar-refractivity contribution in [2.45, 2.75) is 25.4 Å². The Labute approximate surface area is 102 Å². The van der Waals surface area contributed by atoms with Crippen molar-refractivity contribution in [3.63, 3.8) is 0 Å². The van der Waals surface area contributed by atoms with Gasteiger partial charge in [-0.15, -0.1) is 0 Å². The summed E-state index contributed by atoms with van der Waals surface area (Å²) in [6.45, 7) is 3.97. The van der Waals surface area contributed by atoms with Crippen molar-refractivity contribution >= 4 is 11.6 Å². The molecule has 2 nitrogen and oxygen atoms in total. The topological polar surface area (TPSA) is 32.3 Å².